The van der Waals surface area contributed by atoms with E-state index in [1.54, 1.807) is 6.08 Å². The highest BCUT2D eigenvalue weighted by Gasteiger charge is 2.45. The van der Waals surface area contributed by atoms with Crippen LogP contribution in [0.3, 0.4) is 0 Å². The topological polar surface area (TPSA) is 38.8 Å². The van der Waals surface area contributed by atoms with Crippen molar-refractivity contribution >= 4 is 17.2 Å². The summed E-state index contributed by atoms with van der Waals surface area (Å²) in [6, 6.07) is 3.95. The summed E-state index contributed by atoms with van der Waals surface area (Å²) in [5.74, 6) is 0.127. The number of hydrogen-bond donors (Lipinski definition) is 0. The van der Waals surface area contributed by atoms with Gasteiger partial charge in [-0.05, 0) is 24.3 Å². The van der Waals surface area contributed by atoms with E-state index in [0.29, 0.717) is 19.8 Å². The number of rotatable bonds is 4. The molecule has 1 aromatic heterocycles. The Morgan fingerprint density at radius 1 is 1.60 bits per heavy atom. The van der Waals surface area contributed by atoms with E-state index in [2.05, 4.69) is 6.58 Å². The van der Waals surface area contributed by atoms with Crippen LogP contribution in [-0.4, -0.2) is 48.8 Å². The molecule has 0 radical (unpaired) electrons. The summed E-state index contributed by atoms with van der Waals surface area (Å²) in [6.07, 6.45) is 3.73. The zero-order valence-corrected chi connectivity index (χ0v) is 12.2. The minimum Gasteiger partial charge on any atom is -0.372 e. The van der Waals surface area contributed by atoms with E-state index < -0.39 is 0 Å². The van der Waals surface area contributed by atoms with Gasteiger partial charge in [0.25, 0.3) is 5.91 Å². The van der Waals surface area contributed by atoms with Crippen LogP contribution >= 0.6 is 11.3 Å². The summed E-state index contributed by atoms with van der Waals surface area (Å²) in [5.41, 5.74) is 0. The Morgan fingerprint density at radius 3 is 3.25 bits per heavy atom. The maximum absolute atomic E-state index is 12.5. The average Bonchev–Trinajstić information content (AvgIpc) is 3.13. The van der Waals surface area contributed by atoms with Gasteiger partial charge in [0.2, 0.25) is 0 Å². The Labute approximate surface area is 123 Å². The molecule has 2 fully saturated rings. The highest BCUT2D eigenvalue weighted by Crippen LogP contribution is 2.33. The number of nitrogens with zero attached hydrogens (tertiary/aromatic N) is 1. The van der Waals surface area contributed by atoms with Gasteiger partial charge in [-0.25, -0.2) is 0 Å². The van der Waals surface area contributed by atoms with Crippen LogP contribution in [0.15, 0.2) is 30.2 Å². The quantitative estimate of drug-likeness (QED) is 0.800. The third-order valence-electron chi connectivity index (χ3n) is 3.96. The van der Waals surface area contributed by atoms with Crippen molar-refractivity contribution in [1.29, 1.82) is 0 Å². The minimum atomic E-state index is 0.00705. The molecule has 1 aromatic rings. The van der Waals surface area contributed by atoms with E-state index in [1.807, 2.05) is 22.4 Å². The summed E-state index contributed by atoms with van der Waals surface area (Å²) >= 11 is 1.50. The van der Waals surface area contributed by atoms with E-state index in [9.17, 15) is 4.79 Å². The van der Waals surface area contributed by atoms with Crippen LogP contribution in [0.1, 0.15) is 22.5 Å². The fourth-order valence-electron chi connectivity index (χ4n) is 3.08. The molecule has 5 heteroatoms. The zero-order valence-electron chi connectivity index (χ0n) is 11.4. The largest absolute Gasteiger partial charge is 0.372 e. The molecule has 0 aromatic carbocycles. The lowest BCUT2D eigenvalue weighted by Crippen LogP contribution is -2.53. The lowest BCUT2D eigenvalue weighted by atomic mass is 10.1. The first-order valence-electron chi connectivity index (χ1n) is 7.00. The van der Waals surface area contributed by atoms with Gasteiger partial charge in [0.1, 0.15) is 6.10 Å². The molecule has 1 saturated carbocycles. The van der Waals surface area contributed by atoms with Gasteiger partial charge in [-0.1, -0.05) is 12.1 Å². The molecule has 4 nitrogen and oxygen atoms in total. The molecule has 3 rings (SSSR count). The van der Waals surface area contributed by atoms with Gasteiger partial charge >= 0.3 is 0 Å². The van der Waals surface area contributed by atoms with Gasteiger partial charge in [0, 0.05) is 6.54 Å². The number of carbonyl (C=O) groups excluding carboxylic acids is 1. The molecule has 3 atom stereocenters. The van der Waals surface area contributed by atoms with Crippen molar-refractivity contribution in [3.8, 4) is 0 Å². The van der Waals surface area contributed by atoms with Crippen LogP contribution in [0.2, 0.25) is 0 Å². The van der Waals surface area contributed by atoms with Gasteiger partial charge < -0.3 is 14.4 Å². The summed E-state index contributed by atoms with van der Waals surface area (Å²) in [5, 5.41) is 1.94. The van der Waals surface area contributed by atoms with E-state index in [-0.39, 0.29) is 24.2 Å². The summed E-state index contributed by atoms with van der Waals surface area (Å²) < 4.78 is 11.6. The first-order valence-corrected chi connectivity index (χ1v) is 7.88. The van der Waals surface area contributed by atoms with Gasteiger partial charge in [-0.2, -0.15) is 0 Å². The molecule has 1 amide bonds. The third kappa shape index (κ3) is 2.53. The second kappa shape index (κ2) is 6.08. The predicted octanol–water partition coefficient (Wildman–Crippen LogP) is 2.32. The first-order chi connectivity index (χ1) is 9.81. The number of ether oxygens (including phenoxy) is 2. The molecule has 0 N–H and O–H groups in total. The van der Waals surface area contributed by atoms with Crippen molar-refractivity contribution in [2.75, 3.05) is 19.8 Å². The standard InChI is InChI=1S/C15H19NO3S/c1-2-8-18-12-6-5-11-14(12)19-9-7-16(11)15(17)13-4-3-10-20-13/h2-4,10-12,14H,1,5-9H2/t11-,12+,14+/m0/s1. The van der Waals surface area contributed by atoms with E-state index in [0.717, 1.165) is 17.7 Å². The molecule has 1 aliphatic carbocycles. The monoisotopic (exact) mass is 293 g/mol. The zero-order chi connectivity index (χ0) is 13.9. The molecular formula is C15H19NO3S. The molecule has 0 spiro atoms. The molecule has 2 aliphatic rings. The highest BCUT2D eigenvalue weighted by atomic mass is 32.1. The number of amides is 1. The summed E-state index contributed by atoms with van der Waals surface area (Å²) in [6.45, 7) is 5.47. The van der Waals surface area contributed by atoms with Crippen molar-refractivity contribution in [2.24, 2.45) is 0 Å². The van der Waals surface area contributed by atoms with Gasteiger partial charge in [-0.3, -0.25) is 4.79 Å². The highest BCUT2D eigenvalue weighted by molar-refractivity contribution is 7.12. The minimum absolute atomic E-state index is 0.00705. The second-order valence-electron chi connectivity index (χ2n) is 5.12. The van der Waals surface area contributed by atoms with Crippen LogP contribution < -0.4 is 0 Å². The molecule has 2 heterocycles. The Hall–Kier alpha value is -1.17. The predicted molar refractivity (Wildman–Crippen MR) is 78.1 cm³/mol. The van der Waals surface area contributed by atoms with E-state index in [4.69, 9.17) is 9.47 Å². The number of morpholine rings is 1. The van der Waals surface area contributed by atoms with Crippen molar-refractivity contribution in [3.63, 3.8) is 0 Å². The lowest BCUT2D eigenvalue weighted by molar-refractivity contribution is -0.100. The number of fused-ring (bicyclic) bond motifs is 1. The molecule has 108 valence electrons. The average molecular weight is 293 g/mol. The fraction of sp³-hybridized carbons (Fsp3) is 0.533. The molecule has 1 aliphatic heterocycles. The summed E-state index contributed by atoms with van der Waals surface area (Å²) in [7, 11) is 0. The smallest absolute Gasteiger partial charge is 0.264 e. The van der Waals surface area contributed by atoms with Crippen molar-refractivity contribution in [2.45, 2.75) is 31.1 Å². The Bertz CT molecular complexity index is 473. The third-order valence-corrected chi connectivity index (χ3v) is 4.81. The Morgan fingerprint density at radius 2 is 2.50 bits per heavy atom. The van der Waals surface area contributed by atoms with Gasteiger partial charge in [-0.15, -0.1) is 17.9 Å². The molecular weight excluding hydrogens is 274 g/mol. The number of carbonyl (C=O) groups is 1. The SMILES string of the molecule is C=CCO[C@@H]1CC[C@H]2[C@H]1OCCN2C(=O)c1cccs1. The summed E-state index contributed by atoms with van der Waals surface area (Å²) in [4.78, 5) is 15.3. The molecule has 1 saturated heterocycles. The van der Waals surface area contributed by atoms with Gasteiger partial charge in [0.15, 0.2) is 0 Å². The van der Waals surface area contributed by atoms with Crippen LogP contribution in [0, 0.1) is 0 Å². The Kier molecular flexibility index (Phi) is 4.19. The second-order valence-corrected chi connectivity index (χ2v) is 6.06. The van der Waals surface area contributed by atoms with E-state index in [1.165, 1.54) is 11.3 Å². The molecule has 0 bridgehead atoms. The van der Waals surface area contributed by atoms with Crippen LogP contribution in [0.4, 0.5) is 0 Å². The molecule has 0 unspecified atom stereocenters. The van der Waals surface area contributed by atoms with Crippen molar-refractivity contribution in [3.05, 3.63) is 35.0 Å². The van der Waals surface area contributed by atoms with Crippen LogP contribution in [-0.2, 0) is 9.47 Å². The maximum atomic E-state index is 12.5. The van der Waals surface area contributed by atoms with Gasteiger partial charge in [0.05, 0.1) is 30.2 Å². The van der Waals surface area contributed by atoms with Crippen LogP contribution in [0.25, 0.3) is 0 Å². The maximum Gasteiger partial charge on any atom is 0.264 e. The molecule has 20 heavy (non-hydrogen) atoms. The number of thiophene rings is 1. The Balaban J connectivity index is 1.71. The number of hydrogen-bond acceptors (Lipinski definition) is 4. The van der Waals surface area contributed by atoms with Crippen LogP contribution in [0.5, 0.6) is 0 Å². The lowest BCUT2D eigenvalue weighted by Gasteiger charge is -2.38. The van der Waals surface area contributed by atoms with Crippen molar-refractivity contribution < 1.29 is 14.3 Å². The fourth-order valence-corrected chi connectivity index (χ4v) is 3.76. The van der Waals surface area contributed by atoms with E-state index >= 15 is 0 Å². The first kappa shape index (κ1) is 13.8. The normalized spacial score (nSPS) is 29.2. The van der Waals surface area contributed by atoms with Crippen molar-refractivity contribution in [1.82, 2.24) is 4.90 Å².